The molecule has 0 saturated heterocycles. The fourth-order valence-corrected chi connectivity index (χ4v) is 1.69. The average Bonchev–Trinajstić information content (AvgIpc) is 2.33. The molecule has 0 radical (unpaired) electrons. The Morgan fingerprint density at radius 1 is 1.39 bits per heavy atom. The highest BCUT2D eigenvalue weighted by Crippen LogP contribution is 2.17. The SMILES string of the molecule is COc1ccc(CCNCCCC(C)=O)cc1F. The predicted octanol–water partition coefficient (Wildman–Crippen LogP) is 2.34. The summed E-state index contributed by atoms with van der Waals surface area (Å²) in [6.45, 7) is 3.20. The minimum atomic E-state index is -0.327. The van der Waals surface area contributed by atoms with Crippen LogP contribution in [0.3, 0.4) is 0 Å². The lowest BCUT2D eigenvalue weighted by molar-refractivity contribution is -0.117. The zero-order chi connectivity index (χ0) is 13.4. The van der Waals surface area contributed by atoms with E-state index in [4.69, 9.17) is 4.74 Å². The average molecular weight is 253 g/mol. The molecule has 0 fully saturated rings. The van der Waals surface area contributed by atoms with Gasteiger partial charge in [0.2, 0.25) is 0 Å². The molecule has 1 aromatic carbocycles. The number of ketones is 1. The molecule has 1 aromatic rings. The summed E-state index contributed by atoms with van der Waals surface area (Å²) in [6.07, 6.45) is 2.23. The third-order valence-electron chi connectivity index (χ3n) is 2.69. The smallest absolute Gasteiger partial charge is 0.165 e. The second kappa shape index (κ2) is 7.82. The summed E-state index contributed by atoms with van der Waals surface area (Å²) in [5.41, 5.74) is 0.937. The zero-order valence-electron chi connectivity index (χ0n) is 11.0. The van der Waals surface area contributed by atoms with Crippen LogP contribution in [0.2, 0.25) is 0 Å². The molecule has 1 rings (SSSR count). The molecule has 0 aliphatic rings. The van der Waals surface area contributed by atoms with Crippen LogP contribution in [-0.2, 0) is 11.2 Å². The number of carbonyl (C=O) groups excluding carboxylic acids is 1. The van der Waals surface area contributed by atoms with Crippen LogP contribution in [0.15, 0.2) is 18.2 Å². The number of methoxy groups -OCH3 is 1. The van der Waals surface area contributed by atoms with Crippen molar-refractivity contribution in [3.05, 3.63) is 29.6 Å². The highest BCUT2D eigenvalue weighted by molar-refractivity contribution is 5.75. The Morgan fingerprint density at radius 3 is 2.78 bits per heavy atom. The van der Waals surface area contributed by atoms with Gasteiger partial charge in [-0.25, -0.2) is 4.39 Å². The van der Waals surface area contributed by atoms with Gasteiger partial charge in [0.05, 0.1) is 7.11 Å². The standard InChI is InChI=1S/C14H20FNO2/c1-11(17)4-3-8-16-9-7-12-5-6-14(18-2)13(15)10-12/h5-6,10,16H,3-4,7-9H2,1-2H3. The van der Waals surface area contributed by atoms with Crippen LogP contribution in [0.4, 0.5) is 4.39 Å². The summed E-state index contributed by atoms with van der Waals surface area (Å²) in [5, 5.41) is 3.23. The molecular weight excluding hydrogens is 233 g/mol. The number of rotatable bonds is 8. The van der Waals surface area contributed by atoms with Gasteiger partial charge in [0.25, 0.3) is 0 Å². The second-order valence-electron chi connectivity index (χ2n) is 4.27. The van der Waals surface area contributed by atoms with Gasteiger partial charge in [0.15, 0.2) is 11.6 Å². The van der Waals surface area contributed by atoms with Gasteiger partial charge >= 0.3 is 0 Å². The monoisotopic (exact) mass is 253 g/mol. The maximum absolute atomic E-state index is 13.4. The van der Waals surface area contributed by atoms with E-state index in [-0.39, 0.29) is 17.3 Å². The van der Waals surface area contributed by atoms with E-state index in [0.29, 0.717) is 6.42 Å². The van der Waals surface area contributed by atoms with Crippen molar-refractivity contribution in [3.8, 4) is 5.75 Å². The van der Waals surface area contributed by atoms with Crippen LogP contribution in [0.5, 0.6) is 5.75 Å². The number of benzene rings is 1. The molecule has 0 aliphatic heterocycles. The van der Waals surface area contributed by atoms with Gasteiger partial charge in [-0.3, -0.25) is 0 Å². The maximum atomic E-state index is 13.4. The summed E-state index contributed by atoms with van der Waals surface area (Å²) in [6, 6.07) is 5.00. The van der Waals surface area contributed by atoms with E-state index in [0.717, 1.165) is 31.5 Å². The number of ether oxygens (including phenoxy) is 1. The van der Waals surface area contributed by atoms with Gasteiger partial charge in [-0.15, -0.1) is 0 Å². The van der Waals surface area contributed by atoms with Gasteiger partial charge in [-0.2, -0.15) is 0 Å². The maximum Gasteiger partial charge on any atom is 0.165 e. The van der Waals surface area contributed by atoms with Gasteiger partial charge < -0.3 is 14.8 Å². The van der Waals surface area contributed by atoms with E-state index in [1.165, 1.54) is 13.2 Å². The van der Waals surface area contributed by atoms with Gasteiger partial charge in [0, 0.05) is 6.42 Å². The minimum absolute atomic E-state index is 0.217. The zero-order valence-corrected chi connectivity index (χ0v) is 11.0. The van der Waals surface area contributed by atoms with Crippen LogP contribution < -0.4 is 10.1 Å². The van der Waals surface area contributed by atoms with Crippen LogP contribution >= 0.6 is 0 Å². The third kappa shape index (κ3) is 5.27. The molecule has 3 nitrogen and oxygen atoms in total. The van der Waals surface area contributed by atoms with Crippen molar-refractivity contribution in [3.63, 3.8) is 0 Å². The first-order valence-corrected chi connectivity index (χ1v) is 6.16. The lowest BCUT2D eigenvalue weighted by atomic mass is 10.1. The number of hydrogen-bond donors (Lipinski definition) is 1. The number of Topliss-reactive ketones (excluding diaryl/α,β-unsaturated/α-hetero) is 1. The summed E-state index contributed by atoms with van der Waals surface area (Å²) in [4.78, 5) is 10.7. The Labute approximate surface area is 107 Å². The third-order valence-corrected chi connectivity index (χ3v) is 2.69. The first-order chi connectivity index (χ1) is 8.63. The second-order valence-corrected chi connectivity index (χ2v) is 4.27. The van der Waals surface area contributed by atoms with Gasteiger partial charge in [-0.1, -0.05) is 6.07 Å². The molecule has 0 unspecified atom stereocenters. The van der Waals surface area contributed by atoms with Crippen molar-refractivity contribution < 1.29 is 13.9 Å². The lowest BCUT2D eigenvalue weighted by Crippen LogP contribution is -2.19. The Hall–Kier alpha value is -1.42. The molecule has 1 N–H and O–H groups in total. The molecule has 0 atom stereocenters. The summed E-state index contributed by atoms with van der Waals surface area (Å²) in [7, 11) is 1.45. The van der Waals surface area contributed by atoms with Gasteiger partial charge in [0.1, 0.15) is 5.78 Å². The summed E-state index contributed by atoms with van der Waals surface area (Å²) < 4.78 is 18.2. The van der Waals surface area contributed by atoms with E-state index >= 15 is 0 Å². The van der Waals surface area contributed by atoms with Crippen LogP contribution in [0, 0.1) is 5.82 Å². The quantitative estimate of drug-likeness (QED) is 0.723. The number of nitrogens with one attached hydrogen (secondary N) is 1. The van der Waals surface area contributed by atoms with Crippen LogP contribution in [-0.4, -0.2) is 26.0 Å². The molecule has 100 valence electrons. The van der Waals surface area contributed by atoms with Crippen LogP contribution in [0.1, 0.15) is 25.3 Å². The molecule has 0 aliphatic carbocycles. The first-order valence-electron chi connectivity index (χ1n) is 6.16. The van der Waals surface area contributed by atoms with E-state index in [2.05, 4.69) is 5.32 Å². The summed E-state index contributed by atoms with van der Waals surface area (Å²) in [5.74, 6) is 0.161. The van der Waals surface area contributed by atoms with Crippen molar-refractivity contribution in [1.29, 1.82) is 0 Å². The van der Waals surface area contributed by atoms with Gasteiger partial charge in [-0.05, 0) is 50.6 Å². The molecule has 0 bridgehead atoms. The Kier molecular flexibility index (Phi) is 6.36. The number of carbonyl (C=O) groups is 1. The molecule has 0 amide bonds. The minimum Gasteiger partial charge on any atom is -0.494 e. The number of hydrogen-bond acceptors (Lipinski definition) is 3. The van der Waals surface area contributed by atoms with E-state index in [1.54, 1.807) is 13.0 Å². The highest BCUT2D eigenvalue weighted by atomic mass is 19.1. The number of halogens is 1. The molecular formula is C14H20FNO2. The van der Waals surface area contributed by atoms with Crippen LogP contribution in [0.25, 0.3) is 0 Å². The fourth-order valence-electron chi connectivity index (χ4n) is 1.69. The Balaban J connectivity index is 2.23. The Bertz CT molecular complexity index is 393. The molecule has 0 spiro atoms. The van der Waals surface area contributed by atoms with Crippen molar-refractivity contribution in [1.82, 2.24) is 5.32 Å². The van der Waals surface area contributed by atoms with E-state index in [1.807, 2.05) is 6.07 Å². The predicted molar refractivity (Wildman–Crippen MR) is 69.4 cm³/mol. The summed E-state index contributed by atoms with van der Waals surface area (Å²) >= 11 is 0. The van der Waals surface area contributed by atoms with Crippen molar-refractivity contribution in [2.24, 2.45) is 0 Å². The lowest BCUT2D eigenvalue weighted by Gasteiger charge is -2.06. The van der Waals surface area contributed by atoms with E-state index < -0.39 is 0 Å². The van der Waals surface area contributed by atoms with E-state index in [9.17, 15) is 9.18 Å². The normalized spacial score (nSPS) is 10.4. The van der Waals surface area contributed by atoms with Crippen molar-refractivity contribution >= 4 is 5.78 Å². The first kappa shape index (κ1) is 14.6. The molecule has 0 aromatic heterocycles. The van der Waals surface area contributed by atoms with Crippen molar-refractivity contribution in [2.75, 3.05) is 20.2 Å². The topological polar surface area (TPSA) is 38.3 Å². The molecule has 0 heterocycles. The Morgan fingerprint density at radius 2 is 2.17 bits per heavy atom. The van der Waals surface area contributed by atoms with Crippen molar-refractivity contribution in [2.45, 2.75) is 26.2 Å². The largest absolute Gasteiger partial charge is 0.494 e. The molecule has 4 heteroatoms. The molecule has 0 saturated carbocycles. The fraction of sp³-hybridized carbons (Fsp3) is 0.500. The molecule has 18 heavy (non-hydrogen) atoms. The highest BCUT2D eigenvalue weighted by Gasteiger charge is 2.03.